The number of hydrogen-bond donors (Lipinski definition) is 1. The number of aryl methyl sites for hydroxylation is 1. The number of hydrogen-bond acceptors (Lipinski definition) is 3. The molecule has 0 spiro atoms. The molecule has 2 aromatic rings. The molecule has 3 aliphatic rings. The maximum absolute atomic E-state index is 12.7. The lowest BCUT2D eigenvalue weighted by Gasteiger charge is -2.37. The lowest BCUT2D eigenvalue weighted by molar-refractivity contribution is 0.0994. The van der Waals surface area contributed by atoms with Crippen LogP contribution in [0.2, 0.25) is 0 Å². The third-order valence-electron chi connectivity index (χ3n) is 5.82. The Morgan fingerprint density at radius 2 is 1.92 bits per heavy atom. The molecule has 0 amide bonds. The average Bonchev–Trinajstić information content (AvgIpc) is 2.97. The summed E-state index contributed by atoms with van der Waals surface area (Å²) in [5.74, 6) is 1.24. The largest absolute Gasteiger partial charge is 0.316 e. The second kappa shape index (κ2) is 5.15. The molecule has 1 saturated heterocycles. The fraction of sp³-hybridized carbons (Fsp3) is 0.400. The zero-order valence-electron chi connectivity index (χ0n) is 13.5. The molecule has 24 heavy (non-hydrogen) atoms. The van der Waals surface area contributed by atoms with Crippen LogP contribution in [0.4, 0.5) is 0 Å². The number of rotatable bonds is 1. The van der Waals surface area contributed by atoms with Gasteiger partial charge in [-0.3, -0.25) is 9.59 Å². The van der Waals surface area contributed by atoms with Crippen molar-refractivity contribution in [3.8, 4) is 11.1 Å². The maximum atomic E-state index is 12.7. The van der Waals surface area contributed by atoms with Crippen LogP contribution in [-0.2, 0) is 13.0 Å². The molecule has 122 valence electrons. The molecule has 3 heterocycles. The number of Topliss-reactive ketones (excluding diaryl/α,β-unsaturated/α-hetero) is 1. The molecular formula is C20H20N2O2. The van der Waals surface area contributed by atoms with Gasteiger partial charge in [0.1, 0.15) is 0 Å². The van der Waals surface area contributed by atoms with Crippen molar-refractivity contribution in [1.82, 2.24) is 9.88 Å². The quantitative estimate of drug-likeness (QED) is 0.877. The van der Waals surface area contributed by atoms with Gasteiger partial charge in [0.15, 0.2) is 5.78 Å². The average molecular weight is 320 g/mol. The lowest BCUT2D eigenvalue weighted by atomic mass is 9.83. The van der Waals surface area contributed by atoms with Crippen LogP contribution in [0.5, 0.6) is 0 Å². The Balaban J connectivity index is 1.62. The molecule has 1 aromatic carbocycles. The second-order valence-corrected chi connectivity index (χ2v) is 7.37. The normalized spacial score (nSPS) is 24.6. The smallest absolute Gasteiger partial charge is 0.251 e. The number of nitrogens with zero attached hydrogens (tertiary/aromatic N) is 1. The summed E-state index contributed by atoms with van der Waals surface area (Å²) in [7, 11) is 0. The van der Waals surface area contributed by atoms with Crippen molar-refractivity contribution in [2.24, 2.45) is 5.92 Å². The molecule has 1 aromatic heterocycles. The van der Waals surface area contributed by atoms with Crippen molar-refractivity contribution in [1.29, 1.82) is 0 Å². The molecule has 5 rings (SSSR count). The van der Waals surface area contributed by atoms with E-state index in [4.69, 9.17) is 0 Å². The monoisotopic (exact) mass is 320 g/mol. The van der Waals surface area contributed by atoms with Gasteiger partial charge in [-0.1, -0.05) is 18.2 Å². The molecule has 2 aliphatic heterocycles. The zero-order valence-corrected chi connectivity index (χ0v) is 13.5. The minimum atomic E-state index is 0.107. The SMILES string of the molecule is O=C1CCc2cc(-c3cc4n(c(=O)c3)C[C@@H]3CNC[C@H]4C3)ccc21. The van der Waals surface area contributed by atoms with E-state index >= 15 is 0 Å². The van der Waals surface area contributed by atoms with Gasteiger partial charge in [0, 0.05) is 42.8 Å². The van der Waals surface area contributed by atoms with Gasteiger partial charge in [-0.2, -0.15) is 0 Å². The number of carbonyl (C=O) groups excluding carboxylic acids is 1. The molecule has 1 N–H and O–H groups in total. The molecule has 4 heteroatoms. The summed E-state index contributed by atoms with van der Waals surface area (Å²) in [6, 6.07) is 9.95. The number of fused-ring (bicyclic) bond motifs is 5. The van der Waals surface area contributed by atoms with Gasteiger partial charge in [0.2, 0.25) is 0 Å². The van der Waals surface area contributed by atoms with Crippen LogP contribution in [-0.4, -0.2) is 23.4 Å². The first-order chi connectivity index (χ1) is 11.7. The summed E-state index contributed by atoms with van der Waals surface area (Å²) in [5, 5.41) is 3.49. The molecule has 4 nitrogen and oxygen atoms in total. The van der Waals surface area contributed by atoms with Gasteiger partial charge in [-0.15, -0.1) is 0 Å². The summed E-state index contributed by atoms with van der Waals surface area (Å²) in [6.07, 6.45) is 2.61. The third-order valence-corrected chi connectivity index (χ3v) is 5.82. The predicted octanol–water partition coefficient (Wildman–Crippen LogP) is 2.35. The number of carbonyl (C=O) groups is 1. The Bertz CT molecular complexity index is 912. The first-order valence-corrected chi connectivity index (χ1v) is 8.81. The van der Waals surface area contributed by atoms with Crippen molar-refractivity contribution in [2.45, 2.75) is 31.7 Å². The molecule has 0 radical (unpaired) electrons. The van der Waals surface area contributed by atoms with Crippen LogP contribution in [0.3, 0.4) is 0 Å². The van der Waals surface area contributed by atoms with Crippen molar-refractivity contribution in [3.63, 3.8) is 0 Å². The van der Waals surface area contributed by atoms with Crippen LogP contribution < -0.4 is 10.9 Å². The maximum Gasteiger partial charge on any atom is 0.251 e. The minimum absolute atomic E-state index is 0.107. The van der Waals surface area contributed by atoms with Crippen LogP contribution in [0.25, 0.3) is 11.1 Å². The van der Waals surface area contributed by atoms with E-state index in [-0.39, 0.29) is 11.3 Å². The summed E-state index contributed by atoms with van der Waals surface area (Å²) in [4.78, 5) is 24.5. The molecule has 2 bridgehead atoms. The van der Waals surface area contributed by atoms with Crippen molar-refractivity contribution in [3.05, 3.63) is 57.5 Å². The highest BCUT2D eigenvalue weighted by Gasteiger charge is 2.31. The molecule has 0 unspecified atom stereocenters. The van der Waals surface area contributed by atoms with E-state index in [9.17, 15) is 9.59 Å². The third kappa shape index (κ3) is 2.09. The Labute approximate surface area is 140 Å². The molecule has 1 fully saturated rings. The van der Waals surface area contributed by atoms with Gasteiger partial charge < -0.3 is 9.88 Å². The van der Waals surface area contributed by atoms with E-state index in [1.807, 2.05) is 16.7 Å². The Kier molecular flexibility index (Phi) is 3.04. The van der Waals surface area contributed by atoms with Gasteiger partial charge in [0.25, 0.3) is 5.56 Å². The highest BCUT2D eigenvalue weighted by molar-refractivity contribution is 6.00. The number of ketones is 1. The fourth-order valence-corrected chi connectivity index (χ4v) is 4.61. The summed E-state index contributed by atoms with van der Waals surface area (Å²) in [6.45, 7) is 2.80. The topological polar surface area (TPSA) is 51.1 Å². The van der Waals surface area contributed by atoms with Crippen molar-refractivity contribution in [2.75, 3.05) is 13.1 Å². The Morgan fingerprint density at radius 1 is 1.00 bits per heavy atom. The van der Waals surface area contributed by atoms with Gasteiger partial charge in [-0.05, 0) is 48.1 Å². The highest BCUT2D eigenvalue weighted by atomic mass is 16.1. The van der Waals surface area contributed by atoms with E-state index in [0.717, 1.165) is 54.0 Å². The molecular weight excluding hydrogens is 300 g/mol. The molecule has 0 saturated carbocycles. The minimum Gasteiger partial charge on any atom is -0.316 e. The Morgan fingerprint density at radius 3 is 2.83 bits per heavy atom. The van der Waals surface area contributed by atoms with Crippen LogP contribution in [0.15, 0.2) is 35.1 Å². The summed E-state index contributed by atoms with van der Waals surface area (Å²) < 4.78 is 1.97. The van der Waals surface area contributed by atoms with E-state index in [1.165, 1.54) is 6.42 Å². The highest BCUT2D eigenvalue weighted by Crippen LogP contribution is 2.34. The Hall–Kier alpha value is -2.20. The van der Waals surface area contributed by atoms with Crippen molar-refractivity contribution < 1.29 is 4.79 Å². The number of aromatic nitrogens is 1. The van der Waals surface area contributed by atoms with Crippen molar-refractivity contribution >= 4 is 5.78 Å². The summed E-state index contributed by atoms with van der Waals surface area (Å²) in [5.41, 5.74) is 5.28. The van der Waals surface area contributed by atoms with E-state index in [2.05, 4.69) is 17.4 Å². The van der Waals surface area contributed by atoms with Gasteiger partial charge in [-0.25, -0.2) is 0 Å². The van der Waals surface area contributed by atoms with E-state index in [1.54, 1.807) is 6.07 Å². The first-order valence-electron chi connectivity index (χ1n) is 8.81. The second-order valence-electron chi connectivity index (χ2n) is 7.37. The lowest BCUT2D eigenvalue weighted by Crippen LogP contribution is -2.44. The zero-order chi connectivity index (χ0) is 16.3. The van der Waals surface area contributed by atoms with Crippen LogP contribution in [0, 0.1) is 5.92 Å². The van der Waals surface area contributed by atoms with E-state index in [0.29, 0.717) is 18.3 Å². The number of piperidine rings is 1. The predicted molar refractivity (Wildman–Crippen MR) is 92.5 cm³/mol. The summed E-state index contributed by atoms with van der Waals surface area (Å²) >= 11 is 0. The fourth-order valence-electron chi connectivity index (χ4n) is 4.61. The number of pyridine rings is 1. The molecule has 2 atom stereocenters. The van der Waals surface area contributed by atoms with Crippen LogP contribution in [0.1, 0.15) is 40.4 Å². The van der Waals surface area contributed by atoms with Gasteiger partial charge in [0.05, 0.1) is 0 Å². The van der Waals surface area contributed by atoms with Gasteiger partial charge >= 0.3 is 0 Å². The number of benzene rings is 1. The first kappa shape index (κ1) is 14.2. The number of nitrogens with one attached hydrogen (secondary N) is 1. The van der Waals surface area contributed by atoms with Crippen LogP contribution >= 0.6 is 0 Å². The molecule has 1 aliphatic carbocycles. The standard InChI is InChI=1S/C20H20N2O2/c23-19-4-2-14-6-13(1-3-17(14)19)15-7-18-16-5-12(9-21-10-16)11-22(18)20(24)8-15/h1,3,6-8,12,16,21H,2,4-5,9-11H2/t12-,16+/m0/s1. The van der Waals surface area contributed by atoms with E-state index < -0.39 is 0 Å².